The second kappa shape index (κ2) is 6.63. The highest BCUT2D eigenvalue weighted by Crippen LogP contribution is 2.18. The Hall–Kier alpha value is -1.46. The monoisotopic (exact) mass is 269 g/mol. The predicted molar refractivity (Wildman–Crippen MR) is 70.2 cm³/mol. The zero-order chi connectivity index (χ0) is 14.6. The van der Waals surface area contributed by atoms with Gasteiger partial charge in [0.2, 0.25) is 0 Å². The fraction of sp³-hybridized carbons (Fsp3) is 0.500. The van der Waals surface area contributed by atoms with E-state index in [2.05, 4.69) is 5.32 Å². The smallest absolute Gasteiger partial charge is 0.320 e. The minimum atomic E-state index is -0.951. The minimum Gasteiger partial charge on any atom is -0.480 e. The quantitative estimate of drug-likeness (QED) is 0.738. The number of benzene rings is 1. The summed E-state index contributed by atoms with van der Waals surface area (Å²) < 4.78 is 12.8. The van der Waals surface area contributed by atoms with E-state index < -0.39 is 24.2 Å². The summed E-state index contributed by atoms with van der Waals surface area (Å²) >= 11 is 0. The van der Waals surface area contributed by atoms with Crippen LogP contribution in [-0.2, 0) is 4.79 Å². The van der Waals surface area contributed by atoms with E-state index in [-0.39, 0.29) is 11.7 Å². The van der Waals surface area contributed by atoms with Gasteiger partial charge in [0.15, 0.2) is 0 Å². The number of carbonyl (C=O) groups is 1. The number of halogens is 1. The first-order valence-corrected chi connectivity index (χ1v) is 6.25. The van der Waals surface area contributed by atoms with Crippen LogP contribution in [0.5, 0.6) is 0 Å². The van der Waals surface area contributed by atoms with Crippen molar-refractivity contribution < 1.29 is 19.4 Å². The molecule has 0 aliphatic carbocycles. The third-order valence-electron chi connectivity index (χ3n) is 3.06. The molecular weight excluding hydrogens is 249 g/mol. The maximum atomic E-state index is 12.8. The molecular formula is C14H20FNO3. The summed E-state index contributed by atoms with van der Waals surface area (Å²) in [5, 5.41) is 22.1. The van der Waals surface area contributed by atoms with Gasteiger partial charge in [-0.05, 0) is 30.5 Å². The van der Waals surface area contributed by atoms with Crippen LogP contribution in [0.4, 0.5) is 4.39 Å². The Bertz CT molecular complexity index is 419. The molecule has 3 N–H and O–H groups in total. The van der Waals surface area contributed by atoms with Gasteiger partial charge in [0.1, 0.15) is 11.9 Å². The number of nitrogens with one attached hydrogen (secondary N) is 1. The van der Waals surface area contributed by atoms with Gasteiger partial charge in [-0.15, -0.1) is 0 Å². The average molecular weight is 269 g/mol. The maximum absolute atomic E-state index is 12.8. The van der Waals surface area contributed by atoms with Crippen LogP contribution in [0.15, 0.2) is 24.3 Å². The van der Waals surface area contributed by atoms with Crippen LogP contribution in [-0.4, -0.2) is 28.3 Å². The van der Waals surface area contributed by atoms with Crippen LogP contribution < -0.4 is 5.32 Å². The molecule has 0 saturated heterocycles. The lowest BCUT2D eigenvalue weighted by atomic mass is 9.99. The Morgan fingerprint density at radius 2 is 1.74 bits per heavy atom. The van der Waals surface area contributed by atoms with Crippen LogP contribution in [0.25, 0.3) is 0 Å². The van der Waals surface area contributed by atoms with Gasteiger partial charge in [-0.25, -0.2) is 4.39 Å². The highest BCUT2D eigenvalue weighted by atomic mass is 19.1. The number of aliphatic hydroxyl groups is 1. The van der Waals surface area contributed by atoms with Crippen molar-refractivity contribution in [2.75, 3.05) is 0 Å². The molecule has 0 aromatic heterocycles. The van der Waals surface area contributed by atoms with E-state index in [0.717, 1.165) is 0 Å². The van der Waals surface area contributed by atoms with E-state index in [1.165, 1.54) is 24.3 Å². The maximum Gasteiger partial charge on any atom is 0.320 e. The summed E-state index contributed by atoms with van der Waals surface area (Å²) in [5.41, 5.74) is 0.550. The Morgan fingerprint density at radius 3 is 2.16 bits per heavy atom. The third-order valence-corrected chi connectivity index (χ3v) is 3.06. The first-order valence-electron chi connectivity index (χ1n) is 6.25. The zero-order valence-corrected chi connectivity index (χ0v) is 11.3. The Kier molecular flexibility index (Phi) is 5.44. The molecule has 0 saturated carbocycles. The molecule has 4 nitrogen and oxygen atoms in total. The molecule has 0 aliphatic heterocycles. The van der Waals surface area contributed by atoms with Crippen LogP contribution in [0.1, 0.15) is 32.4 Å². The number of carboxylic acid groups (broad SMARTS) is 1. The highest BCUT2D eigenvalue weighted by molar-refractivity contribution is 5.73. The van der Waals surface area contributed by atoms with Crippen molar-refractivity contribution in [3.63, 3.8) is 0 Å². The molecule has 0 aliphatic rings. The zero-order valence-electron chi connectivity index (χ0n) is 11.3. The fourth-order valence-corrected chi connectivity index (χ4v) is 1.87. The van der Waals surface area contributed by atoms with Gasteiger partial charge < -0.3 is 10.2 Å². The lowest BCUT2D eigenvalue weighted by Crippen LogP contribution is -2.47. The lowest BCUT2D eigenvalue weighted by molar-refractivity contribution is -0.141. The standard InChI is InChI=1S/C14H20FNO3/c1-8(2)12(14(18)19)16-9(3)13(17)10-4-6-11(15)7-5-10/h4-9,12-13,16-17H,1-3H3,(H,18,19). The van der Waals surface area contributed by atoms with E-state index in [4.69, 9.17) is 5.11 Å². The SMILES string of the molecule is CC(C)C(NC(C)C(O)c1ccc(F)cc1)C(=O)O. The highest BCUT2D eigenvalue weighted by Gasteiger charge is 2.26. The van der Waals surface area contributed by atoms with Crippen molar-refractivity contribution in [2.45, 2.75) is 39.0 Å². The molecule has 0 heterocycles. The molecule has 1 rings (SSSR count). The number of hydrogen-bond donors (Lipinski definition) is 3. The van der Waals surface area contributed by atoms with Gasteiger partial charge in [0, 0.05) is 6.04 Å². The van der Waals surface area contributed by atoms with Crippen molar-refractivity contribution in [3.8, 4) is 0 Å². The summed E-state index contributed by atoms with van der Waals surface area (Å²) in [6.45, 7) is 5.29. The topological polar surface area (TPSA) is 69.6 Å². The molecule has 0 radical (unpaired) electrons. The van der Waals surface area contributed by atoms with Crippen molar-refractivity contribution in [3.05, 3.63) is 35.6 Å². The number of hydrogen-bond acceptors (Lipinski definition) is 3. The second-order valence-corrected chi connectivity index (χ2v) is 5.01. The molecule has 1 aromatic rings. The molecule has 19 heavy (non-hydrogen) atoms. The number of rotatable bonds is 6. The fourth-order valence-electron chi connectivity index (χ4n) is 1.87. The van der Waals surface area contributed by atoms with Crippen molar-refractivity contribution >= 4 is 5.97 Å². The average Bonchev–Trinajstić information content (AvgIpc) is 2.34. The predicted octanol–water partition coefficient (Wildman–Crippen LogP) is 1.95. The van der Waals surface area contributed by atoms with Crippen LogP contribution in [0.2, 0.25) is 0 Å². The molecule has 0 bridgehead atoms. The van der Waals surface area contributed by atoms with Crippen molar-refractivity contribution in [2.24, 2.45) is 5.92 Å². The van der Waals surface area contributed by atoms with E-state index in [1.54, 1.807) is 20.8 Å². The van der Waals surface area contributed by atoms with Crippen LogP contribution in [0, 0.1) is 11.7 Å². The van der Waals surface area contributed by atoms with E-state index in [9.17, 15) is 14.3 Å². The molecule has 5 heteroatoms. The number of aliphatic carboxylic acids is 1. The normalized spacial score (nSPS) is 16.1. The van der Waals surface area contributed by atoms with Gasteiger partial charge in [0.25, 0.3) is 0 Å². The molecule has 106 valence electrons. The molecule has 0 amide bonds. The van der Waals surface area contributed by atoms with Crippen molar-refractivity contribution in [1.29, 1.82) is 0 Å². The van der Waals surface area contributed by atoms with E-state index in [0.29, 0.717) is 5.56 Å². The summed E-state index contributed by atoms with van der Waals surface area (Å²) in [6, 6.07) is 4.33. The molecule has 0 spiro atoms. The van der Waals surface area contributed by atoms with Crippen LogP contribution in [0.3, 0.4) is 0 Å². The minimum absolute atomic E-state index is 0.0969. The summed E-state index contributed by atoms with van der Waals surface area (Å²) in [7, 11) is 0. The number of aliphatic hydroxyl groups excluding tert-OH is 1. The Balaban J connectivity index is 2.73. The van der Waals surface area contributed by atoms with Crippen LogP contribution >= 0.6 is 0 Å². The summed E-state index contributed by atoms with van der Waals surface area (Å²) in [4.78, 5) is 11.1. The largest absolute Gasteiger partial charge is 0.480 e. The summed E-state index contributed by atoms with van der Waals surface area (Å²) in [5.74, 6) is -1.42. The second-order valence-electron chi connectivity index (χ2n) is 5.01. The third kappa shape index (κ3) is 4.29. The molecule has 0 fully saturated rings. The van der Waals surface area contributed by atoms with Gasteiger partial charge in [-0.1, -0.05) is 26.0 Å². The van der Waals surface area contributed by atoms with E-state index in [1.807, 2.05) is 0 Å². The van der Waals surface area contributed by atoms with E-state index >= 15 is 0 Å². The first-order chi connectivity index (χ1) is 8.82. The lowest BCUT2D eigenvalue weighted by Gasteiger charge is -2.26. The molecule has 1 aromatic carbocycles. The number of carboxylic acids is 1. The Labute approximate surface area is 112 Å². The van der Waals surface area contributed by atoms with Gasteiger partial charge >= 0.3 is 5.97 Å². The van der Waals surface area contributed by atoms with Gasteiger partial charge in [0.05, 0.1) is 6.10 Å². The first kappa shape index (κ1) is 15.6. The molecule has 3 unspecified atom stereocenters. The molecule has 3 atom stereocenters. The van der Waals surface area contributed by atoms with Crippen molar-refractivity contribution in [1.82, 2.24) is 5.32 Å². The van der Waals surface area contributed by atoms with Gasteiger partial charge in [-0.3, -0.25) is 10.1 Å². The Morgan fingerprint density at radius 1 is 1.21 bits per heavy atom. The summed E-state index contributed by atoms with van der Waals surface area (Å²) in [6.07, 6.45) is -0.888. The van der Waals surface area contributed by atoms with Gasteiger partial charge in [-0.2, -0.15) is 0 Å².